The molecule has 2 aliphatic carbocycles. The van der Waals surface area contributed by atoms with E-state index in [1.165, 1.54) is 0 Å². The van der Waals surface area contributed by atoms with E-state index < -0.39 is 12.1 Å². The van der Waals surface area contributed by atoms with Gasteiger partial charge in [0, 0.05) is 38.0 Å². The molecule has 2 atom stereocenters. The van der Waals surface area contributed by atoms with E-state index in [9.17, 15) is 14.0 Å². The van der Waals surface area contributed by atoms with Crippen molar-refractivity contribution >= 4 is 23.5 Å². The van der Waals surface area contributed by atoms with Gasteiger partial charge in [-0.15, -0.1) is 0 Å². The number of aliphatic imine (C=N–C) groups is 2. The molecule has 0 aromatic carbocycles. The maximum atomic E-state index is 14.0. The Morgan fingerprint density at radius 2 is 1.79 bits per heavy atom. The van der Waals surface area contributed by atoms with Crippen LogP contribution in [-0.2, 0) is 9.59 Å². The van der Waals surface area contributed by atoms with E-state index in [4.69, 9.17) is 0 Å². The summed E-state index contributed by atoms with van der Waals surface area (Å²) in [5.74, 6) is 0.0703. The lowest BCUT2D eigenvalue weighted by atomic mass is 10.1. The van der Waals surface area contributed by atoms with Crippen LogP contribution in [0.5, 0.6) is 0 Å². The molecule has 3 fully saturated rings. The fraction of sp³-hybridized carbons (Fsp3) is 0.765. The maximum absolute atomic E-state index is 14.0. The average Bonchev–Trinajstić information content (AvgIpc) is 3.47. The van der Waals surface area contributed by atoms with Crippen molar-refractivity contribution in [2.75, 3.05) is 26.2 Å². The van der Waals surface area contributed by atoms with Gasteiger partial charge in [-0.1, -0.05) is 13.8 Å². The summed E-state index contributed by atoms with van der Waals surface area (Å²) in [6.45, 7) is 6.62. The highest BCUT2D eigenvalue weighted by Crippen LogP contribution is 2.52. The monoisotopic (exact) mass is 334 g/mol. The molecule has 2 heterocycles. The summed E-state index contributed by atoms with van der Waals surface area (Å²) in [5, 5.41) is 0. The van der Waals surface area contributed by atoms with Gasteiger partial charge in [0.05, 0.1) is 5.71 Å². The molecule has 0 N–H and O–H groups in total. The van der Waals surface area contributed by atoms with Crippen molar-refractivity contribution in [3.8, 4) is 0 Å². The summed E-state index contributed by atoms with van der Waals surface area (Å²) in [5.41, 5.74) is 0.483. The highest BCUT2D eigenvalue weighted by atomic mass is 19.1. The fourth-order valence-electron chi connectivity index (χ4n) is 3.53. The van der Waals surface area contributed by atoms with E-state index in [0.29, 0.717) is 37.9 Å². The van der Waals surface area contributed by atoms with Gasteiger partial charge < -0.3 is 9.80 Å². The number of rotatable bonds is 2. The number of amides is 2. The fourth-order valence-corrected chi connectivity index (χ4v) is 3.53. The highest BCUT2D eigenvalue weighted by Gasteiger charge is 2.52. The maximum Gasteiger partial charge on any atom is 0.289 e. The van der Waals surface area contributed by atoms with Crippen LogP contribution < -0.4 is 0 Å². The molecule has 24 heavy (non-hydrogen) atoms. The number of nitrogens with zero attached hydrogens (tertiary/aromatic N) is 4. The molecule has 0 spiro atoms. The van der Waals surface area contributed by atoms with Crippen molar-refractivity contribution in [2.45, 2.75) is 39.3 Å². The second-order valence-corrected chi connectivity index (χ2v) is 7.98. The zero-order chi connectivity index (χ0) is 17.1. The molecule has 0 aromatic rings. The molecule has 0 bridgehead atoms. The Hall–Kier alpha value is -1.79. The Labute approximate surface area is 140 Å². The van der Waals surface area contributed by atoms with Crippen LogP contribution in [0.15, 0.2) is 9.98 Å². The second kappa shape index (κ2) is 5.36. The lowest BCUT2D eigenvalue weighted by Gasteiger charge is -2.36. The van der Waals surface area contributed by atoms with Crippen molar-refractivity contribution in [3.05, 3.63) is 0 Å². The molecule has 2 amide bonds. The lowest BCUT2D eigenvalue weighted by Crippen LogP contribution is -2.52. The van der Waals surface area contributed by atoms with Crippen LogP contribution in [0.2, 0.25) is 0 Å². The standard InChI is InChI=1S/C17H23FN4O2/c1-17(2)9-11(17)15(24)21-5-7-22(8-6-21)16-19-13(10-3-4-10)12(18)14(23)20-16/h10-12H,3-9H2,1-2H3. The van der Waals surface area contributed by atoms with Gasteiger partial charge >= 0.3 is 0 Å². The minimum absolute atomic E-state index is 0.106. The molecule has 6 nitrogen and oxygen atoms in total. The summed E-state index contributed by atoms with van der Waals surface area (Å²) in [6.07, 6.45) is 1.10. The average molecular weight is 334 g/mol. The minimum atomic E-state index is -1.67. The van der Waals surface area contributed by atoms with Gasteiger partial charge in [0.15, 0.2) is 0 Å². The Balaban J connectivity index is 1.40. The first kappa shape index (κ1) is 15.7. The van der Waals surface area contributed by atoms with Gasteiger partial charge in [0.2, 0.25) is 18.0 Å². The van der Waals surface area contributed by atoms with Crippen LogP contribution in [0.1, 0.15) is 33.1 Å². The van der Waals surface area contributed by atoms with Crippen LogP contribution in [0, 0.1) is 17.3 Å². The summed E-state index contributed by atoms with van der Waals surface area (Å²) in [7, 11) is 0. The van der Waals surface area contributed by atoms with E-state index >= 15 is 0 Å². The van der Waals surface area contributed by atoms with Crippen molar-refractivity contribution in [1.82, 2.24) is 9.80 Å². The molecular weight excluding hydrogens is 311 g/mol. The van der Waals surface area contributed by atoms with Gasteiger partial charge in [-0.2, -0.15) is 4.99 Å². The third-order valence-corrected chi connectivity index (χ3v) is 5.60. The molecule has 4 rings (SSSR count). The molecule has 0 aromatic heterocycles. The van der Waals surface area contributed by atoms with Gasteiger partial charge in [-0.05, 0) is 24.7 Å². The molecular formula is C17H23FN4O2. The SMILES string of the molecule is CC1(C)CC1C(=O)N1CCN(C2=NC(=O)C(F)C(C3CC3)=N2)CC1. The molecule has 0 radical (unpaired) electrons. The smallest absolute Gasteiger partial charge is 0.289 e. The summed E-state index contributed by atoms with van der Waals surface area (Å²) >= 11 is 0. The molecule has 4 aliphatic rings. The van der Waals surface area contributed by atoms with Crippen LogP contribution >= 0.6 is 0 Å². The summed E-state index contributed by atoms with van der Waals surface area (Å²) in [6, 6.07) is 0. The number of alkyl halides is 1. The lowest BCUT2D eigenvalue weighted by molar-refractivity contribution is -0.134. The molecule has 7 heteroatoms. The normalized spacial score (nSPS) is 32.4. The van der Waals surface area contributed by atoms with E-state index in [1.807, 2.05) is 9.80 Å². The van der Waals surface area contributed by atoms with Gasteiger partial charge in [-0.3, -0.25) is 9.59 Å². The van der Waals surface area contributed by atoms with Crippen molar-refractivity contribution in [1.29, 1.82) is 0 Å². The first-order chi connectivity index (χ1) is 11.4. The number of piperazine rings is 1. The van der Waals surface area contributed by atoms with Crippen LogP contribution in [-0.4, -0.2) is 65.6 Å². The Morgan fingerprint density at radius 1 is 1.17 bits per heavy atom. The number of carbonyl (C=O) groups excluding carboxylic acids is 2. The van der Waals surface area contributed by atoms with Crippen LogP contribution in [0.4, 0.5) is 4.39 Å². The second-order valence-electron chi connectivity index (χ2n) is 7.98. The van der Waals surface area contributed by atoms with E-state index in [1.54, 1.807) is 0 Å². The van der Waals surface area contributed by atoms with Crippen molar-refractivity contribution in [3.63, 3.8) is 0 Å². The summed E-state index contributed by atoms with van der Waals surface area (Å²) in [4.78, 5) is 36.2. The van der Waals surface area contributed by atoms with E-state index in [0.717, 1.165) is 19.3 Å². The summed E-state index contributed by atoms with van der Waals surface area (Å²) < 4.78 is 14.0. The number of halogens is 1. The third-order valence-electron chi connectivity index (χ3n) is 5.60. The molecule has 2 saturated carbocycles. The zero-order valence-electron chi connectivity index (χ0n) is 14.2. The largest absolute Gasteiger partial charge is 0.339 e. The first-order valence-corrected chi connectivity index (χ1v) is 8.75. The predicted octanol–water partition coefficient (Wildman–Crippen LogP) is 1.26. The predicted molar refractivity (Wildman–Crippen MR) is 87.5 cm³/mol. The number of guanidine groups is 1. The van der Waals surface area contributed by atoms with Crippen molar-refractivity contribution in [2.24, 2.45) is 27.2 Å². The number of hydrogen-bond acceptors (Lipinski definition) is 4. The Bertz CT molecular complexity index is 645. The van der Waals surface area contributed by atoms with Gasteiger partial charge in [0.1, 0.15) is 0 Å². The topological polar surface area (TPSA) is 65.3 Å². The quantitative estimate of drug-likeness (QED) is 0.764. The molecule has 130 valence electrons. The van der Waals surface area contributed by atoms with E-state index in [-0.39, 0.29) is 23.2 Å². The number of carbonyl (C=O) groups is 2. The van der Waals surface area contributed by atoms with Gasteiger partial charge in [-0.25, -0.2) is 9.38 Å². The van der Waals surface area contributed by atoms with Gasteiger partial charge in [0.25, 0.3) is 5.91 Å². The highest BCUT2D eigenvalue weighted by molar-refractivity contribution is 6.18. The molecule has 2 unspecified atom stereocenters. The van der Waals surface area contributed by atoms with E-state index in [2.05, 4.69) is 23.8 Å². The zero-order valence-corrected chi connectivity index (χ0v) is 14.2. The van der Waals surface area contributed by atoms with Crippen LogP contribution in [0.3, 0.4) is 0 Å². The molecule has 2 aliphatic heterocycles. The minimum Gasteiger partial charge on any atom is -0.339 e. The first-order valence-electron chi connectivity index (χ1n) is 8.75. The molecule has 1 saturated heterocycles. The van der Waals surface area contributed by atoms with Crippen molar-refractivity contribution < 1.29 is 14.0 Å². The Kier molecular flexibility index (Phi) is 3.51. The number of hydrogen-bond donors (Lipinski definition) is 0. The third kappa shape index (κ3) is 2.74. The Morgan fingerprint density at radius 3 is 2.33 bits per heavy atom. The van der Waals surface area contributed by atoms with Crippen LogP contribution in [0.25, 0.3) is 0 Å².